The van der Waals surface area contributed by atoms with Crippen molar-refractivity contribution in [3.63, 3.8) is 0 Å². The van der Waals surface area contributed by atoms with Crippen molar-refractivity contribution in [2.75, 3.05) is 13.2 Å². The first kappa shape index (κ1) is 16.1. The normalized spacial score (nSPS) is 40.6. The number of aliphatic hydroxyl groups excluding tert-OH is 3. The van der Waals surface area contributed by atoms with Crippen molar-refractivity contribution in [3.05, 3.63) is 0 Å². The lowest BCUT2D eigenvalue weighted by Crippen LogP contribution is -2.59. The van der Waals surface area contributed by atoms with Crippen LogP contribution < -0.4 is 0 Å². The molecule has 0 aromatic heterocycles. The van der Waals surface area contributed by atoms with Gasteiger partial charge in [0.15, 0.2) is 6.29 Å². The maximum Gasteiger partial charge on any atom is 0.186 e. The maximum atomic E-state index is 9.95. The van der Waals surface area contributed by atoms with Crippen LogP contribution in [0, 0.1) is 0 Å². The molecule has 2 fully saturated rings. The van der Waals surface area contributed by atoms with Crippen LogP contribution in [0.1, 0.15) is 26.7 Å². The highest BCUT2D eigenvalue weighted by atomic mass is 16.7. The van der Waals surface area contributed by atoms with Gasteiger partial charge in [-0.15, -0.1) is 0 Å². The van der Waals surface area contributed by atoms with E-state index in [0.29, 0.717) is 12.8 Å². The van der Waals surface area contributed by atoms with Gasteiger partial charge in [-0.1, -0.05) is 0 Å². The van der Waals surface area contributed by atoms with Crippen LogP contribution >= 0.6 is 0 Å². The fraction of sp³-hybridized carbons (Fsp3) is 1.00. The van der Waals surface area contributed by atoms with E-state index in [4.69, 9.17) is 14.2 Å². The maximum absolute atomic E-state index is 9.95. The van der Waals surface area contributed by atoms with Gasteiger partial charge in [0.1, 0.15) is 23.9 Å². The van der Waals surface area contributed by atoms with Crippen LogP contribution in [0.3, 0.4) is 0 Å². The van der Waals surface area contributed by atoms with Gasteiger partial charge in [-0.2, -0.15) is 0 Å². The molecular formula is C13H24O7. The first-order valence-corrected chi connectivity index (χ1v) is 6.98. The second kappa shape index (κ2) is 6.23. The number of rotatable bonds is 5. The molecule has 2 aliphatic rings. The first-order valence-electron chi connectivity index (χ1n) is 6.98. The average molecular weight is 292 g/mol. The molecule has 0 amide bonds. The molecule has 2 rings (SSSR count). The molecule has 0 bridgehead atoms. The van der Waals surface area contributed by atoms with Crippen LogP contribution in [0.2, 0.25) is 0 Å². The van der Waals surface area contributed by atoms with Crippen molar-refractivity contribution in [1.82, 2.24) is 0 Å². The molecule has 0 saturated carbocycles. The summed E-state index contributed by atoms with van der Waals surface area (Å²) in [5.74, 6) is 0. The summed E-state index contributed by atoms with van der Waals surface area (Å²) in [5, 5.41) is 39.6. The van der Waals surface area contributed by atoms with Crippen molar-refractivity contribution in [3.8, 4) is 0 Å². The Balaban J connectivity index is 1.92. The van der Waals surface area contributed by atoms with E-state index in [1.165, 1.54) is 0 Å². The third kappa shape index (κ3) is 3.48. The van der Waals surface area contributed by atoms with Crippen molar-refractivity contribution < 1.29 is 34.6 Å². The van der Waals surface area contributed by atoms with Gasteiger partial charge in [0.2, 0.25) is 0 Å². The number of ether oxygens (including phenoxy) is 3. The molecule has 20 heavy (non-hydrogen) atoms. The van der Waals surface area contributed by atoms with Crippen molar-refractivity contribution in [1.29, 1.82) is 0 Å². The van der Waals surface area contributed by atoms with E-state index in [2.05, 4.69) is 0 Å². The summed E-state index contributed by atoms with van der Waals surface area (Å²) in [6.07, 6.45) is -4.94. The average Bonchev–Trinajstić information content (AvgIpc) is 2.35. The van der Waals surface area contributed by atoms with Gasteiger partial charge in [-0.05, 0) is 26.7 Å². The highest BCUT2D eigenvalue weighted by molar-refractivity contribution is 4.92. The van der Waals surface area contributed by atoms with E-state index in [0.717, 1.165) is 0 Å². The Kier molecular flexibility index (Phi) is 5.01. The number of aliphatic hydroxyl groups is 4. The molecule has 7 nitrogen and oxygen atoms in total. The quantitative estimate of drug-likeness (QED) is 0.502. The first-order chi connectivity index (χ1) is 9.32. The highest BCUT2D eigenvalue weighted by Crippen LogP contribution is 2.29. The van der Waals surface area contributed by atoms with Crippen LogP contribution in [0.15, 0.2) is 0 Å². The highest BCUT2D eigenvalue weighted by Gasteiger charge is 2.46. The second-order valence-electron chi connectivity index (χ2n) is 5.96. The van der Waals surface area contributed by atoms with Gasteiger partial charge in [0, 0.05) is 0 Å². The predicted octanol–water partition coefficient (Wildman–Crippen LogP) is -1.24. The largest absolute Gasteiger partial charge is 0.388 e. The summed E-state index contributed by atoms with van der Waals surface area (Å²) in [6.45, 7) is 4.12. The molecular weight excluding hydrogens is 268 g/mol. The molecule has 118 valence electrons. The van der Waals surface area contributed by atoms with Crippen LogP contribution in [0.25, 0.3) is 0 Å². The Hall–Kier alpha value is -0.280. The Morgan fingerprint density at radius 3 is 2.30 bits per heavy atom. The molecule has 3 unspecified atom stereocenters. The molecule has 0 aromatic carbocycles. The zero-order valence-electron chi connectivity index (χ0n) is 11.8. The molecule has 0 spiro atoms. The van der Waals surface area contributed by atoms with E-state index in [-0.39, 0.29) is 19.3 Å². The Labute approximate surface area is 118 Å². The van der Waals surface area contributed by atoms with E-state index >= 15 is 0 Å². The Morgan fingerprint density at radius 2 is 1.80 bits per heavy atom. The fourth-order valence-corrected chi connectivity index (χ4v) is 2.43. The second-order valence-corrected chi connectivity index (χ2v) is 5.96. The zero-order valence-corrected chi connectivity index (χ0v) is 11.8. The Bertz CT molecular complexity index is 318. The molecule has 0 radical (unpaired) electrons. The van der Waals surface area contributed by atoms with Crippen molar-refractivity contribution in [2.24, 2.45) is 0 Å². The van der Waals surface area contributed by atoms with Gasteiger partial charge in [-0.3, -0.25) is 0 Å². The van der Waals surface area contributed by atoms with E-state index in [1.807, 2.05) is 0 Å². The molecule has 0 aromatic rings. The van der Waals surface area contributed by atoms with Crippen LogP contribution in [0.5, 0.6) is 0 Å². The summed E-state index contributed by atoms with van der Waals surface area (Å²) >= 11 is 0. The predicted molar refractivity (Wildman–Crippen MR) is 67.9 cm³/mol. The fourth-order valence-electron chi connectivity index (χ4n) is 2.43. The van der Waals surface area contributed by atoms with Gasteiger partial charge in [-0.25, -0.2) is 0 Å². The SMILES string of the molecule is CC(C)O[C@H]1OC(CCC2(O)COC2)[C@@H](O)C(O)C1O. The molecule has 2 aliphatic heterocycles. The molecule has 7 heteroatoms. The lowest BCUT2D eigenvalue weighted by atomic mass is 9.89. The van der Waals surface area contributed by atoms with Crippen LogP contribution in [0.4, 0.5) is 0 Å². The summed E-state index contributed by atoms with van der Waals surface area (Å²) in [4.78, 5) is 0. The van der Waals surface area contributed by atoms with E-state index < -0.39 is 36.3 Å². The molecule has 2 heterocycles. The summed E-state index contributed by atoms with van der Waals surface area (Å²) in [5.41, 5.74) is -0.876. The van der Waals surface area contributed by atoms with Gasteiger partial charge in [0.05, 0.1) is 25.4 Å². The monoisotopic (exact) mass is 292 g/mol. The number of hydrogen-bond donors (Lipinski definition) is 4. The summed E-state index contributed by atoms with van der Waals surface area (Å²) in [7, 11) is 0. The molecule has 0 aliphatic carbocycles. The third-order valence-electron chi connectivity index (χ3n) is 3.71. The Morgan fingerprint density at radius 1 is 1.15 bits per heavy atom. The minimum absolute atomic E-state index is 0.179. The minimum Gasteiger partial charge on any atom is -0.388 e. The summed E-state index contributed by atoms with van der Waals surface area (Å²) < 4.78 is 15.9. The van der Waals surface area contributed by atoms with Gasteiger partial charge >= 0.3 is 0 Å². The van der Waals surface area contributed by atoms with E-state index in [1.54, 1.807) is 13.8 Å². The van der Waals surface area contributed by atoms with Crippen molar-refractivity contribution in [2.45, 2.75) is 69.1 Å². The van der Waals surface area contributed by atoms with Crippen LogP contribution in [-0.2, 0) is 14.2 Å². The lowest BCUT2D eigenvalue weighted by Gasteiger charge is -2.43. The minimum atomic E-state index is -1.33. The van der Waals surface area contributed by atoms with Gasteiger partial charge < -0.3 is 34.6 Å². The molecule has 5 atom stereocenters. The topological polar surface area (TPSA) is 109 Å². The van der Waals surface area contributed by atoms with E-state index in [9.17, 15) is 20.4 Å². The molecule has 2 saturated heterocycles. The van der Waals surface area contributed by atoms with Crippen molar-refractivity contribution >= 4 is 0 Å². The van der Waals surface area contributed by atoms with Gasteiger partial charge in [0.25, 0.3) is 0 Å². The third-order valence-corrected chi connectivity index (χ3v) is 3.71. The zero-order chi connectivity index (χ0) is 14.9. The standard InChI is InChI=1S/C13H24O7/c1-7(2)19-12-11(16)10(15)9(14)8(20-12)3-4-13(17)5-18-6-13/h7-12,14-17H,3-6H2,1-2H3/t8?,9-,10?,11?,12+/m1/s1. The summed E-state index contributed by atoms with van der Waals surface area (Å²) in [6, 6.07) is 0. The smallest absolute Gasteiger partial charge is 0.186 e. The number of hydrogen-bond acceptors (Lipinski definition) is 7. The lowest BCUT2D eigenvalue weighted by molar-refractivity contribution is -0.307. The molecule has 4 N–H and O–H groups in total. The van der Waals surface area contributed by atoms with Crippen LogP contribution in [-0.4, -0.2) is 76.1 Å².